The van der Waals surface area contributed by atoms with Gasteiger partial charge in [0.2, 0.25) is 0 Å². The maximum absolute atomic E-state index is 6.83. The van der Waals surface area contributed by atoms with E-state index in [4.69, 9.17) is 10.7 Å². The molecule has 114 valence electrons. The summed E-state index contributed by atoms with van der Waals surface area (Å²) in [4.78, 5) is 4.96. The maximum atomic E-state index is 6.83. The Balaban J connectivity index is 2.19. The van der Waals surface area contributed by atoms with Crippen molar-refractivity contribution in [1.82, 2.24) is 9.55 Å². The smallest absolute Gasteiger partial charge is 0.130 e. The molecule has 0 radical (unpaired) electrons. The minimum Gasteiger partial charge on any atom is -0.324 e. The fourth-order valence-corrected chi connectivity index (χ4v) is 3.88. The quantitative estimate of drug-likeness (QED) is 0.894. The third-order valence-corrected chi connectivity index (χ3v) is 4.84. The zero-order chi connectivity index (χ0) is 15.2. The molecule has 3 nitrogen and oxygen atoms in total. The molecular weight excluding hydrogens is 258 g/mol. The minimum atomic E-state index is -0.269. The van der Waals surface area contributed by atoms with Crippen LogP contribution in [0.3, 0.4) is 0 Å². The highest BCUT2D eigenvalue weighted by molar-refractivity contribution is 5.77. The van der Waals surface area contributed by atoms with Crippen molar-refractivity contribution in [2.24, 2.45) is 11.7 Å². The summed E-state index contributed by atoms with van der Waals surface area (Å²) in [5.74, 6) is 1.77. The van der Waals surface area contributed by atoms with Crippen LogP contribution in [-0.4, -0.2) is 9.55 Å². The molecule has 1 heterocycles. The lowest BCUT2D eigenvalue weighted by Gasteiger charge is -2.37. The molecule has 0 aliphatic heterocycles. The lowest BCUT2D eigenvalue weighted by molar-refractivity contribution is 0.220. The van der Waals surface area contributed by atoms with E-state index in [-0.39, 0.29) is 5.54 Å². The summed E-state index contributed by atoms with van der Waals surface area (Å²) in [6.45, 7) is 8.88. The molecule has 2 N–H and O–H groups in total. The molecule has 3 rings (SSSR count). The van der Waals surface area contributed by atoms with E-state index in [0.29, 0.717) is 12.0 Å². The summed E-state index contributed by atoms with van der Waals surface area (Å²) in [5.41, 5.74) is 10.1. The topological polar surface area (TPSA) is 43.8 Å². The standard InChI is InChI=1S/C18H27N3/c1-12(2)21-16-8-7-13(3)10-15(16)20-17(21)18(19)9-5-6-14(4)11-18/h7-8,10,12,14H,5-6,9,11,19H2,1-4H3. The Morgan fingerprint density at radius 3 is 2.81 bits per heavy atom. The Labute approximate surface area is 127 Å². The number of benzene rings is 1. The molecule has 1 aromatic carbocycles. The van der Waals surface area contributed by atoms with Gasteiger partial charge in [-0.1, -0.05) is 25.8 Å². The summed E-state index contributed by atoms with van der Waals surface area (Å²) in [6.07, 6.45) is 4.59. The lowest BCUT2D eigenvalue weighted by Crippen LogP contribution is -2.43. The molecule has 2 atom stereocenters. The van der Waals surface area contributed by atoms with Crippen LogP contribution in [0, 0.1) is 12.8 Å². The van der Waals surface area contributed by atoms with Gasteiger partial charge in [0.1, 0.15) is 5.82 Å². The van der Waals surface area contributed by atoms with E-state index >= 15 is 0 Å². The fourth-order valence-electron chi connectivity index (χ4n) is 3.88. The van der Waals surface area contributed by atoms with Gasteiger partial charge >= 0.3 is 0 Å². The first-order valence-corrected chi connectivity index (χ1v) is 8.18. The van der Waals surface area contributed by atoms with Gasteiger partial charge in [0, 0.05) is 6.04 Å². The van der Waals surface area contributed by atoms with Gasteiger partial charge in [-0.05, 0) is 57.2 Å². The van der Waals surface area contributed by atoms with Crippen molar-refractivity contribution >= 4 is 11.0 Å². The zero-order valence-corrected chi connectivity index (χ0v) is 13.7. The van der Waals surface area contributed by atoms with Crippen molar-refractivity contribution < 1.29 is 0 Å². The van der Waals surface area contributed by atoms with Crippen molar-refractivity contribution in [2.45, 2.75) is 65.0 Å². The van der Waals surface area contributed by atoms with E-state index in [0.717, 1.165) is 24.2 Å². The van der Waals surface area contributed by atoms with Crippen LogP contribution in [0.5, 0.6) is 0 Å². The number of rotatable bonds is 2. The number of aryl methyl sites for hydroxylation is 1. The maximum Gasteiger partial charge on any atom is 0.130 e. The summed E-state index contributed by atoms with van der Waals surface area (Å²) < 4.78 is 2.35. The molecule has 3 heteroatoms. The van der Waals surface area contributed by atoms with Crippen molar-refractivity contribution in [1.29, 1.82) is 0 Å². The molecule has 21 heavy (non-hydrogen) atoms. The second-order valence-corrected chi connectivity index (χ2v) is 7.25. The first kappa shape index (κ1) is 14.6. The van der Waals surface area contributed by atoms with Gasteiger partial charge in [-0.25, -0.2) is 4.98 Å². The number of imidazole rings is 1. The molecule has 0 saturated heterocycles. The third kappa shape index (κ3) is 2.48. The molecule has 1 aliphatic rings. The first-order valence-electron chi connectivity index (χ1n) is 8.18. The number of hydrogen-bond acceptors (Lipinski definition) is 2. The number of fused-ring (bicyclic) bond motifs is 1. The second-order valence-electron chi connectivity index (χ2n) is 7.25. The van der Waals surface area contributed by atoms with Gasteiger partial charge < -0.3 is 10.3 Å². The average Bonchev–Trinajstić information content (AvgIpc) is 2.77. The zero-order valence-electron chi connectivity index (χ0n) is 13.7. The van der Waals surface area contributed by atoms with E-state index in [1.807, 2.05) is 0 Å². The van der Waals surface area contributed by atoms with Crippen LogP contribution >= 0.6 is 0 Å². The molecule has 1 fully saturated rings. The van der Waals surface area contributed by atoms with Gasteiger partial charge in [0.05, 0.1) is 16.6 Å². The Kier molecular flexibility index (Phi) is 3.56. The molecule has 0 bridgehead atoms. The molecule has 2 unspecified atom stereocenters. The first-order chi connectivity index (χ1) is 9.90. The van der Waals surface area contributed by atoms with E-state index in [9.17, 15) is 0 Å². The summed E-state index contributed by atoms with van der Waals surface area (Å²) >= 11 is 0. The Hall–Kier alpha value is -1.35. The Morgan fingerprint density at radius 2 is 2.14 bits per heavy atom. The van der Waals surface area contributed by atoms with Crippen molar-refractivity contribution in [3.8, 4) is 0 Å². The highest BCUT2D eigenvalue weighted by atomic mass is 15.1. The van der Waals surface area contributed by atoms with Crippen LogP contribution in [0.4, 0.5) is 0 Å². The summed E-state index contributed by atoms with van der Waals surface area (Å²) in [6, 6.07) is 6.91. The van der Waals surface area contributed by atoms with Crippen LogP contribution in [0.25, 0.3) is 11.0 Å². The second kappa shape index (κ2) is 5.13. The molecule has 1 saturated carbocycles. The molecule has 1 aliphatic carbocycles. The van der Waals surface area contributed by atoms with Crippen molar-refractivity contribution in [3.63, 3.8) is 0 Å². The normalized spacial score (nSPS) is 26.7. The van der Waals surface area contributed by atoms with Gasteiger partial charge in [-0.15, -0.1) is 0 Å². The van der Waals surface area contributed by atoms with Gasteiger partial charge in [0.25, 0.3) is 0 Å². The van der Waals surface area contributed by atoms with Gasteiger partial charge in [-0.3, -0.25) is 0 Å². The predicted molar refractivity (Wildman–Crippen MR) is 88.4 cm³/mol. The highest BCUT2D eigenvalue weighted by Gasteiger charge is 2.37. The molecule has 0 amide bonds. The summed E-state index contributed by atoms with van der Waals surface area (Å²) in [5, 5.41) is 0. The van der Waals surface area contributed by atoms with E-state index in [1.165, 1.54) is 23.9 Å². The number of aromatic nitrogens is 2. The summed E-state index contributed by atoms with van der Waals surface area (Å²) in [7, 11) is 0. The SMILES string of the molecule is Cc1ccc2c(c1)nc(C1(N)CCCC(C)C1)n2C(C)C. The Morgan fingerprint density at radius 1 is 1.38 bits per heavy atom. The van der Waals surface area contributed by atoms with Crippen LogP contribution in [-0.2, 0) is 5.54 Å². The van der Waals surface area contributed by atoms with E-state index in [1.54, 1.807) is 0 Å². The molecule has 2 aromatic rings. The monoisotopic (exact) mass is 285 g/mol. The third-order valence-electron chi connectivity index (χ3n) is 4.84. The van der Waals surface area contributed by atoms with Gasteiger partial charge in [0.15, 0.2) is 0 Å². The lowest BCUT2D eigenvalue weighted by atomic mass is 9.76. The number of nitrogens with two attached hydrogens (primary N) is 1. The minimum absolute atomic E-state index is 0.269. The molecule has 1 aromatic heterocycles. The number of hydrogen-bond donors (Lipinski definition) is 1. The van der Waals surface area contributed by atoms with Crippen LogP contribution < -0.4 is 5.73 Å². The predicted octanol–water partition coefficient (Wildman–Crippen LogP) is 4.29. The Bertz CT molecular complexity index is 656. The highest BCUT2D eigenvalue weighted by Crippen LogP contribution is 2.39. The van der Waals surface area contributed by atoms with Crippen molar-refractivity contribution in [3.05, 3.63) is 29.6 Å². The molecular formula is C18H27N3. The largest absolute Gasteiger partial charge is 0.324 e. The van der Waals surface area contributed by atoms with Crippen LogP contribution in [0.1, 0.15) is 63.9 Å². The molecule has 0 spiro atoms. The van der Waals surface area contributed by atoms with Gasteiger partial charge in [-0.2, -0.15) is 0 Å². The van der Waals surface area contributed by atoms with Crippen LogP contribution in [0.15, 0.2) is 18.2 Å². The number of nitrogens with zero attached hydrogens (tertiary/aromatic N) is 2. The van der Waals surface area contributed by atoms with E-state index < -0.39 is 0 Å². The fraction of sp³-hybridized carbons (Fsp3) is 0.611. The average molecular weight is 285 g/mol. The van der Waals surface area contributed by atoms with Crippen LogP contribution in [0.2, 0.25) is 0 Å². The van der Waals surface area contributed by atoms with E-state index in [2.05, 4.69) is 50.5 Å². The van der Waals surface area contributed by atoms with Crippen molar-refractivity contribution in [2.75, 3.05) is 0 Å².